The minimum Gasteiger partial charge on any atom is -0.372 e. The van der Waals surface area contributed by atoms with Gasteiger partial charge in [-0.3, -0.25) is 9.59 Å². The van der Waals surface area contributed by atoms with E-state index in [4.69, 9.17) is 9.47 Å². The van der Waals surface area contributed by atoms with Crippen molar-refractivity contribution in [1.82, 2.24) is 0 Å². The SMILES string of the molecule is Brc1ccc2c(c1)COCc1cc(Br)ccc1-2.O=C(CBr)c1ccc2c(c1)COCc1cc(C(=O)CBr)ccc1-2. The van der Waals surface area contributed by atoms with Crippen molar-refractivity contribution in [3.05, 3.63) is 115 Å². The molecule has 0 spiro atoms. The van der Waals surface area contributed by atoms with E-state index < -0.39 is 0 Å². The molecule has 2 aliphatic rings. The number of carbonyl (C=O) groups is 2. The quantitative estimate of drug-likeness (QED) is 0.153. The Morgan fingerprint density at radius 3 is 1.20 bits per heavy atom. The van der Waals surface area contributed by atoms with E-state index in [-0.39, 0.29) is 11.6 Å². The second kappa shape index (κ2) is 13.4. The molecule has 0 fully saturated rings. The molecule has 0 bridgehead atoms. The summed E-state index contributed by atoms with van der Waals surface area (Å²) in [5, 5.41) is 0.614. The molecule has 0 radical (unpaired) electrons. The number of fused-ring (bicyclic) bond motifs is 6. The van der Waals surface area contributed by atoms with Crippen molar-refractivity contribution in [3.8, 4) is 22.3 Å². The third-order valence-corrected chi connectivity index (χ3v) is 8.85. The Morgan fingerprint density at radius 2 is 0.850 bits per heavy atom. The molecule has 0 aromatic heterocycles. The summed E-state index contributed by atoms with van der Waals surface area (Å²) in [5.41, 5.74) is 10.5. The first-order chi connectivity index (χ1) is 19.4. The van der Waals surface area contributed by atoms with Gasteiger partial charge in [-0.15, -0.1) is 0 Å². The third-order valence-electron chi connectivity index (χ3n) is 6.84. The highest BCUT2D eigenvalue weighted by molar-refractivity contribution is 9.11. The number of rotatable bonds is 4. The maximum atomic E-state index is 11.9. The van der Waals surface area contributed by atoms with Gasteiger partial charge in [0, 0.05) is 20.1 Å². The Balaban J connectivity index is 0.000000168. The van der Waals surface area contributed by atoms with Crippen LogP contribution in [0.5, 0.6) is 0 Å². The zero-order chi connectivity index (χ0) is 28.2. The largest absolute Gasteiger partial charge is 0.372 e. The van der Waals surface area contributed by atoms with E-state index in [1.165, 1.54) is 22.3 Å². The molecule has 40 heavy (non-hydrogen) atoms. The molecule has 4 nitrogen and oxygen atoms in total. The molecule has 0 amide bonds. The first-order valence-corrected chi connectivity index (χ1v) is 16.4. The van der Waals surface area contributed by atoms with Crippen molar-refractivity contribution in [3.63, 3.8) is 0 Å². The molecule has 6 rings (SSSR count). The molecule has 0 N–H and O–H groups in total. The van der Waals surface area contributed by atoms with Gasteiger partial charge in [0.05, 0.1) is 37.1 Å². The Morgan fingerprint density at radius 1 is 0.525 bits per heavy atom. The molecule has 0 saturated carbocycles. The van der Waals surface area contributed by atoms with Gasteiger partial charge in [0.1, 0.15) is 0 Å². The van der Waals surface area contributed by atoms with Gasteiger partial charge >= 0.3 is 0 Å². The van der Waals surface area contributed by atoms with Crippen molar-refractivity contribution >= 4 is 75.3 Å². The van der Waals surface area contributed by atoms with Gasteiger partial charge in [-0.1, -0.05) is 100 Å². The second-order valence-electron chi connectivity index (χ2n) is 9.45. The van der Waals surface area contributed by atoms with E-state index in [9.17, 15) is 9.59 Å². The predicted molar refractivity (Wildman–Crippen MR) is 172 cm³/mol. The second-order valence-corrected chi connectivity index (χ2v) is 12.4. The lowest BCUT2D eigenvalue weighted by molar-refractivity contribution is 0.101. The van der Waals surface area contributed by atoms with Crippen LogP contribution >= 0.6 is 63.7 Å². The van der Waals surface area contributed by atoms with Crippen LogP contribution in [-0.4, -0.2) is 22.2 Å². The van der Waals surface area contributed by atoms with Gasteiger partial charge in [0.25, 0.3) is 0 Å². The number of carbonyl (C=O) groups excluding carboxylic acids is 2. The third kappa shape index (κ3) is 6.58. The van der Waals surface area contributed by atoms with Gasteiger partial charge in [-0.2, -0.15) is 0 Å². The van der Waals surface area contributed by atoms with Crippen molar-refractivity contribution < 1.29 is 19.1 Å². The predicted octanol–water partition coefficient (Wildman–Crippen LogP) is 9.45. The Labute approximate surface area is 267 Å². The maximum Gasteiger partial charge on any atom is 0.173 e. The van der Waals surface area contributed by atoms with Gasteiger partial charge in [0.2, 0.25) is 0 Å². The number of hydrogen-bond donors (Lipinski definition) is 0. The average molecular weight is 792 g/mol. The standard InChI is InChI=1S/C18H14Br2O3.C14H10Br2O/c19-7-17(21)11-1-3-15-13(5-11)9-23-10-14-6-12(18(22)8-20)2-4-16(14)15;15-11-1-3-13-9(5-11)7-17-8-10-6-12(16)2-4-14(10)13/h1-6H,7-10H2;1-6H,7-8H2. The molecule has 8 heteroatoms. The lowest BCUT2D eigenvalue weighted by Crippen LogP contribution is -2.02. The van der Waals surface area contributed by atoms with E-state index in [0.717, 1.165) is 31.2 Å². The highest BCUT2D eigenvalue weighted by Crippen LogP contribution is 2.35. The molecule has 4 aromatic carbocycles. The minimum absolute atomic E-state index is 0.0514. The van der Waals surface area contributed by atoms with Crippen molar-refractivity contribution in [1.29, 1.82) is 0 Å². The number of alkyl halides is 2. The van der Waals surface area contributed by atoms with E-state index in [1.54, 1.807) is 0 Å². The summed E-state index contributed by atoms with van der Waals surface area (Å²) in [6.45, 7) is 2.24. The van der Waals surface area contributed by atoms with E-state index >= 15 is 0 Å². The molecule has 2 heterocycles. The average Bonchev–Trinajstić information content (AvgIpc) is 3.26. The van der Waals surface area contributed by atoms with Gasteiger partial charge in [-0.25, -0.2) is 0 Å². The maximum absolute atomic E-state index is 11.9. The van der Waals surface area contributed by atoms with Gasteiger partial charge < -0.3 is 9.47 Å². The monoisotopic (exact) mass is 788 g/mol. The van der Waals surface area contributed by atoms with Crippen LogP contribution in [0, 0.1) is 0 Å². The van der Waals surface area contributed by atoms with Crippen molar-refractivity contribution in [2.24, 2.45) is 0 Å². The molecular weight excluding hydrogens is 768 g/mol. The molecule has 2 aliphatic heterocycles. The number of benzene rings is 4. The fourth-order valence-corrected chi connectivity index (χ4v) is 6.35. The summed E-state index contributed by atoms with van der Waals surface area (Å²) >= 11 is 13.4. The Hall–Kier alpha value is -1.94. The van der Waals surface area contributed by atoms with Crippen LogP contribution in [0.4, 0.5) is 0 Å². The highest BCUT2D eigenvalue weighted by Gasteiger charge is 2.18. The lowest BCUT2D eigenvalue weighted by Gasteiger charge is -2.11. The van der Waals surface area contributed by atoms with Crippen LogP contribution in [-0.2, 0) is 35.9 Å². The number of Topliss-reactive ketones (excluding diaryl/α,β-unsaturated/α-hetero) is 2. The topological polar surface area (TPSA) is 52.6 Å². The van der Waals surface area contributed by atoms with E-state index in [2.05, 4.69) is 100 Å². The summed E-state index contributed by atoms with van der Waals surface area (Å²) in [6.07, 6.45) is 0. The van der Waals surface area contributed by atoms with Crippen LogP contribution < -0.4 is 0 Å². The molecule has 0 aliphatic carbocycles. The smallest absolute Gasteiger partial charge is 0.173 e. The molecule has 204 valence electrons. The summed E-state index contributed by atoms with van der Waals surface area (Å²) in [4.78, 5) is 23.7. The van der Waals surface area contributed by atoms with Gasteiger partial charge in [-0.05, 0) is 80.9 Å². The normalized spacial score (nSPS) is 13.3. The summed E-state index contributed by atoms with van der Waals surface area (Å²) < 4.78 is 13.6. The first-order valence-electron chi connectivity index (χ1n) is 12.5. The summed E-state index contributed by atoms with van der Waals surface area (Å²) in [6, 6.07) is 24.1. The fourth-order valence-electron chi connectivity index (χ4n) is 4.88. The first kappa shape index (κ1) is 29.5. The molecule has 4 aromatic rings. The molecule has 0 unspecified atom stereocenters. The Kier molecular flexibility index (Phi) is 9.87. The summed E-state index contributed by atoms with van der Waals surface area (Å²) in [5.74, 6) is 0.103. The van der Waals surface area contributed by atoms with E-state index in [0.29, 0.717) is 48.2 Å². The van der Waals surface area contributed by atoms with Crippen LogP contribution in [0.3, 0.4) is 0 Å². The number of halogens is 4. The molecule has 0 atom stereocenters. The molecule has 0 saturated heterocycles. The number of ketones is 2. The van der Waals surface area contributed by atoms with Crippen LogP contribution in [0.25, 0.3) is 22.3 Å². The summed E-state index contributed by atoms with van der Waals surface area (Å²) in [7, 11) is 0. The highest BCUT2D eigenvalue weighted by atomic mass is 79.9. The molecular formula is C32H24Br4O4. The van der Waals surface area contributed by atoms with Crippen LogP contribution in [0.15, 0.2) is 81.7 Å². The number of hydrogen-bond acceptors (Lipinski definition) is 4. The fraction of sp³-hybridized carbons (Fsp3) is 0.188. The number of ether oxygens (including phenoxy) is 2. The zero-order valence-corrected chi connectivity index (χ0v) is 27.7. The van der Waals surface area contributed by atoms with Crippen LogP contribution in [0.1, 0.15) is 43.0 Å². The zero-order valence-electron chi connectivity index (χ0n) is 21.3. The Bertz CT molecular complexity index is 1480. The van der Waals surface area contributed by atoms with E-state index in [1.807, 2.05) is 36.4 Å². The van der Waals surface area contributed by atoms with Gasteiger partial charge in [0.15, 0.2) is 11.6 Å². The van der Waals surface area contributed by atoms with Crippen molar-refractivity contribution in [2.45, 2.75) is 26.4 Å². The minimum atomic E-state index is 0.0514. The van der Waals surface area contributed by atoms with Crippen LogP contribution in [0.2, 0.25) is 0 Å². The lowest BCUT2D eigenvalue weighted by atomic mass is 9.93. The van der Waals surface area contributed by atoms with Crippen molar-refractivity contribution in [2.75, 3.05) is 10.7 Å².